The summed E-state index contributed by atoms with van der Waals surface area (Å²) >= 11 is 0. The van der Waals surface area contributed by atoms with Gasteiger partial charge in [-0.3, -0.25) is 4.79 Å². The van der Waals surface area contributed by atoms with E-state index >= 15 is 0 Å². The van der Waals surface area contributed by atoms with Gasteiger partial charge >= 0.3 is 0 Å². The summed E-state index contributed by atoms with van der Waals surface area (Å²) in [7, 11) is 3.99. The molecule has 0 radical (unpaired) electrons. The molecule has 1 amide bonds. The van der Waals surface area contributed by atoms with Crippen LogP contribution in [0.3, 0.4) is 0 Å². The Balaban J connectivity index is 2.20. The molecule has 4 nitrogen and oxygen atoms in total. The van der Waals surface area contributed by atoms with Gasteiger partial charge in [0.05, 0.1) is 0 Å². The Morgan fingerprint density at radius 3 is 2.18 bits per heavy atom. The lowest BCUT2D eigenvalue weighted by Gasteiger charge is -2.17. The molecule has 0 heterocycles. The van der Waals surface area contributed by atoms with Crippen LogP contribution >= 0.6 is 0 Å². The highest BCUT2D eigenvalue weighted by atomic mass is 16.1. The summed E-state index contributed by atoms with van der Waals surface area (Å²) in [6.07, 6.45) is 3.41. The summed E-state index contributed by atoms with van der Waals surface area (Å²) in [4.78, 5) is 16.5. The Hall–Kier alpha value is -1.55. The lowest BCUT2D eigenvalue weighted by Crippen LogP contribution is -2.25. The van der Waals surface area contributed by atoms with Crippen molar-refractivity contribution in [1.29, 1.82) is 0 Å². The Morgan fingerprint density at radius 1 is 1.00 bits per heavy atom. The highest BCUT2D eigenvalue weighted by Gasteiger charge is 2.05. The van der Waals surface area contributed by atoms with E-state index in [0.29, 0.717) is 0 Å². The molecule has 0 aromatic heterocycles. The van der Waals surface area contributed by atoms with E-state index < -0.39 is 0 Å². The molecule has 4 heteroatoms. The first-order valence-corrected chi connectivity index (χ1v) is 8.36. The zero-order valence-electron chi connectivity index (χ0n) is 14.6. The molecule has 124 valence electrons. The van der Waals surface area contributed by atoms with Crippen LogP contribution in [0.5, 0.6) is 0 Å². The van der Waals surface area contributed by atoms with Gasteiger partial charge in [-0.2, -0.15) is 0 Å². The molecule has 0 saturated heterocycles. The molecule has 22 heavy (non-hydrogen) atoms. The van der Waals surface area contributed by atoms with E-state index in [4.69, 9.17) is 0 Å². The lowest BCUT2D eigenvalue weighted by atomic mass is 10.1. The standard InChI is InChI=1S/C18H31N3O/c1-5-21(6-2)15-9-7-8-14-19-18(22)16-10-12-17(13-11-16)20(3)4/h10-13H,5-9,14-15H2,1-4H3,(H,19,22). The van der Waals surface area contributed by atoms with Crippen molar-refractivity contribution in [3.05, 3.63) is 29.8 Å². The molecule has 1 aromatic carbocycles. The number of hydrogen-bond donors (Lipinski definition) is 1. The van der Waals surface area contributed by atoms with Crippen LogP contribution in [0.1, 0.15) is 43.5 Å². The smallest absolute Gasteiger partial charge is 0.251 e. The van der Waals surface area contributed by atoms with Crippen LogP contribution in [-0.4, -0.2) is 51.1 Å². The van der Waals surface area contributed by atoms with Crippen molar-refractivity contribution in [3.63, 3.8) is 0 Å². The number of amides is 1. The van der Waals surface area contributed by atoms with Gasteiger partial charge in [-0.1, -0.05) is 20.3 Å². The Bertz CT molecular complexity index is 424. The van der Waals surface area contributed by atoms with Crippen LogP contribution in [0, 0.1) is 0 Å². The maximum Gasteiger partial charge on any atom is 0.251 e. The van der Waals surface area contributed by atoms with Gasteiger partial charge in [0, 0.05) is 31.9 Å². The second-order valence-corrected chi connectivity index (χ2v) is 5.78. The Morgan fingerprint density at radius 2 is 1.64 bits per heavy atom. The van der Waals surface area contributed by atoms with Crippen molar-refractivity contribution >= 4 is 11.6 Å². The molecule has 0 aliphatic carbocycles. The number of anilines is 1. The summed E-state index contributed by atoms with van der Waals surface area (Å²) in [5.74, 6) is 0.0223. The third-order valence-corrected chi connectivity index (χ3v) is 3.98. The molecule has 0 saturated carbocycles. The largest absolute Gasteiger partial charge is 0.378 e. The molecule has 0 unspecified atom stereocenters. The summed E-state index contributed by atoms with van der Waals surface area (Å²) in [5, 5.41) is 3.00. The normalized spacial score (nSPS) is 10.8. The fourth-order valence-electron chi connectivity index (χ4n) is 2.39. The molecular formula is C18H31N3O. The summed E-state index contributed by atoms with van der Waals surface area (Å²) in [6.45, 7) is 8.56. The zero-order chi connectivity index (χ0) is 16.4. The van der Waals surface area contributed by atoms with E-state index in [1.807, 2.05) is 43.3 Å². The van der Waals surface area contributed by atoms with E-state index in [1.165, 1.54) is 6.42 Å². The quantitative estimate of drug-likeness (QED) is 0.675. The first kappa shape index (κ1) is 18.5. The fraction of sp³-hybridized carbons (Fsp3) is 0.611. The minimum Gasteiger partial charge on any atom is -0.378 e. The molecule has 0 fully saturated rings. The van der Waals surface area contributed by atoms with E-state index in [1.54, 1.807) is 0 Å². The van der Waals surface area contributed by atoms with Gasteiger partial charge in [-0.15, -0.1) is 0 Å². The highest BCUT2D eigenvalue weighted by molar-refractivity contribution is 5.94. The number of unbranched alkanes of at least 4 members (excludes halogenated alkanes) is 2. The average Bonchev–Trinajstić information content (AvgIpc) is 2.54. The maximum absolute atomic E-state index is 12.0. The third kappa shape index (κ3) is 6.48. The molecule has 1 N–H and O–H groups in total. The van der Waals surface area contributed by atoms with Crippen molar-refractivity contribution < 1.29 is 4.79 Å². The van der Waals surface area contributed by atoms with Crippen LogP contribution in [0.2, 0.25) is 0 Å². The van der Waals surface area contributed by atoms with Crippen LogP contribution in [-0.2, 0) is 0 Å². The second-order valence-electron chi connectivity index (χ2n) is 5.78. The SMILES string of the molecule is CCN(CC)CCCCCNC(=O)c1ccc(N(C)C)cc1. The predicted molar refractivity (Wildman–Crippen MR) is 94.7 cm³/mol. The molecule has 0 aliphatic heterocycles. The minimum absolute atomic E-state index is 0.0223. The van der Waals surface area contributed by atoms with E-state index in [9.17, 15) is 4.79 Å². The summed E-state index contributed by atoms with van der Waals surface area (Å²) < 4.78 is 0. The molecule has 0 atom stereocenters. The van der Waals surface area contributed by atoms with Crippen molar-refractivity contribution in [2.24, 2.45) is 0 Å². The van der Waals surface area contributed by atoms with E-state index in [2.05, 4.69) is 24.1 Å². The lowest BCUT2D eigenvalue weighted by molar-refractivity contribution is 0.0953. The van der Waals surface area contributed by atoms with Gasteiger partial charge in [0.25, 0.3) is 5.91 Å². The second kappa shape index (κ2) is 10.2. The van der Waals surface area contributed by atoms with Gasteiger partial charge < -0.3 is 15.1 Å². The molecule has 0 aliphatic rings. The number of hydrogen-bond acceptors (Lipinski definition) is 3. The first-order valence-electron chi connectivity index (χ1n) is 8.36. The highest BCUT2D eigenvalue weighted by Crippen LogP contribution is 2.12. The van der Waals surface area contributed by atoms with Gasteiger partial charge in [0.15, 0.2) is 0 Å². The van der Waals surface area contributed by atoms with Gasteiger partial charge in [-0.05, 0) is 56.7 Å². The maximum atomic E-state index is 12.0. The zero-order valence-corrected chi connectivity index (χ0v) is 14.6. The van der Waals surface area contributed by atoms with E-state index in [0.717, 1.165) is 50.3 Å². The topological polar surface area (TPSA) is 35.6 Å². The van der Waals surface area contributed by atoms with Crippen LogP contribution in [0.25, 0.3) is 0 Å². The van der Waals surface area contributed by atoms with Crippen molar-refractivity contribution in [2.45, 2.75) is 33.1 Å². The number of carbonyl (C=O) groups is 1. The molecular weight excluding hydrogens is 274 g/mol. The van der Waals surface area contributed by atoms with Gasteiger partial charge in [0.2, 0.25) is 0 Å². The van der Waals surface area contributed by atoms with Crippen molar-refractivity contribution in [1.82, 2.24) is 10.2 Å². The third-order valence-electron chi connectivity index (χ3n) is 3.98. The van der Waals surface area contributed by atoms with Crippen molar-refractivity contribution in [3.8, 4) is 0 Å². The average molecular weight is 305 g/mol. The van der Waals surface area contributed by atoms with E-state index in [-0.39, 0.29) is 5.91 Å². The molecule has 1 rings (SSSR count). The number of nitrogens with one attached hydrogen (secondary N) is 1. The summed E-state index contributed by atoms with van der Waals surface area (Å²) in [5.41, 5.74) is 1.83. The van der Waals surface area contributed by atoms with Gasteiger partial charge in [-0.25, -0.2) is 0 Å². The molecule has 0 spiro atoms. The minimum atomic E-state index is 0.0223. The number of benzene rings is 1. The Kier molecular flexibility index (Phi) is 8.60. The molecule has 0 bridgehead atoms. The Labute approximate surface area is 135 Å². The number of rotatable bonds is 10. The number of nitrogens with zero attached hydrogens (tertiary/aromatic N) is 2. The van der Waals surface area contributed by atoms with Crippen LogP contribution in [0.15, 0.2) is 24.3 Å². The summed E-state index contributed by atoms with van der Waals surface area (Å²) in [6, 6.07) is 7.70. The van der Waals surface area contributed by atoms with Crippen LogP contribution < -0.4 is 10.2 Å². The predicted octanol–water partition coefficient (Wildman–Crippen LogP) is 2.99. The van der Waals surface area contributed by atoms with Crippen molar-refractivity contribution in [2.75, 3.05) is 45.2 Å². The fourth-order valence-corrected chi connectivity index (χ4v) is 2.39. The van der Waals surface area contributed by atoms with Gasteiger partial charge in [0.1, 0.15) is 0 Å². The number of carbonyl (C=O) groups excluding carboxylic acids is 1. The van der Waals surface area contributed by atoms with Crippen LogP contribution in [0.4, 0.5) is 5.69 Å². The molecule has 1 aromatic rings. The monoisotopic (exact) mass is 305 g/mol. The first-order chi connectivity index (χ1) is 10.6.